The predicted octanol–water partition coefficient (Wildman–Crippen LogP) is 3.76. The van der Waals surface area contributed by atoms with Gasteiger partial charge in [0.2, 0.25) is 0 Å². The first-order valence-electron chi connectivity index (χ1n) is 7.16. The SMILES string of the molecule is Cl.Fc1cccc(Br)c1[C@H](C1CCC1)N1CCNCC1. The van der Waals surface area contributed by atoms with Crippen LogP contribution in [-0.2, 0) is 0 Å². The minimum absolute atomic E-state index is 0. The molecule has 5 heteroatoms. The lowest BCUT2D eigenvalue weighted by Crippen LogP contribution is -2.48. The Hall–Kier alpha value is -0.160. The summed E-state index contributed by atoms with van der Waals surface area (Å²) >= 11 is 3.55. The van der Waals surface area contributed by atoms with E-state index in [4.69, 9.17) is 0 Å². The van der Waals surface area contributed by atoms with Gasteiger partial charge in [-0.05, 0) is 30.9 Å². The van der Waals surface area contributed by atoms with Gasteiger partial charge in [0.05, 0.1) is 0 Å². The third kappa shape index (κ3) is 3.19. The molecule has 1 aromatic carbocycles. The standard InChI is InChI=1S/C15H20BrFN2.ClH/c16-12-5-2-6-13(17)14(12)15(11-3-1-4-11)19-9-7-18-8-10-19;/h2,5-6,11,15,18H,1,3-4,7-10H2;1H/t15-;/m0./s1. The number of hydrogen-bond acceptors (Lipinski definition) is 2. The fourth-order valence-electron chi connectivity index (χ4n) is 3.23. The summed E-state index contributed by atoms with van der Waals surface area (Å²) in [6, 6.07) is 5.57. The highest BCUT2D eigenvalue weighted by Crippen LogP contribution is 2.44. The van der Waals surface area contributed by atoms with Crippen molar-refractivity contribution in [3.8, 4) is 0 Å². The molecule has 1 N–H and O–H groups in total. The summed E-state index contributed by atoms with van der Waals surface area (Å²) in [7, 11) is 0. The number of nitrogens with zero attached hydrogens (tertiary/aromatic N) is 1. The van der Waals surface area contributed by atoms with E-state index in [2.05, 4.69) is 26.1 Å². The second-order valence-corrected chi connectivity index (χ2v) is 6.41. The van der Waals surface area contributed by atoms with Crippen molar-refractivity contribution < 1.29 is 4.39 Å². The zero-order valence-corrected chi connectivity index (χ0v) is 13.9. The Morgan fingerprint density at radius 2 is 1.95 bits per heavy atom. The summed E-state index contributed by atoms with van der Waals surface area (Å²) in [6.45, 7) is 4.05. The highest BCUT2D eigenvalue weighted by atomic mass is 79.9. The molecule has 2 aliphatic rings. The average molecular weight is 364 g/mol. The molecule has 1 aliphatic carbocycles. The Balaban J connectivity index is 0.00000147. The zero-order chi connectivity index (χ0) is 13.2. The summed E-state index contributed by atoms with van der Waals surface area (Å²) < 4.78 is 15.2. The molecule has 1 heterocycles. The molecule has 0 aromatic heterocycles. The van der Waals surface area contributed by atoms with Crippen molar-refractivity contribution in [1.82, 2.24) is 10.2 Å². The van der Waals surface area contributed by atoms with E-state index < -0.39 is 0 Å². The maximum absolute atomic E-state index is 14.3. The van der Waals surface area contributed by atoms with Gasteiger partial charge in [-0.1, -0.05) is 28.4 Å². The van der Waals surface area contributed by atoms with Crippen LogP contribution in [0.25, 0.3) is 0 Å². The van der Waals surface area contributed by atoms with E-state index in [1.54, 1.807) is 12.1 Å². The highest BCUT2D eigenvalue weighted by molar-refractivity contribution is 9.10. The van der Waals surface area contributed by atoms with E-state index in [-0.39, 0.29) is 24.3 Å². The van der Waals surface area contributed by atoms with Crippen molar-refractivity contribution in [1.29, 1.82) is 0 Å². The number of benzene rings is 1. The first-order valence-corrected chi connectivity index (χ1v) is 7.95. The monoisotopic (exact) mass is 362 g/mol. The Morgan fingerprint density at radius 1 is 1.25 bits per heavy atom. The summed E-state index contributed by atoms with van der Waals surface area (Å²) in [5.41, 5.74) is 0.870. The number of rotatable bonds is 3. The molecular formula is C15H21BrClFN2. The smallest absolute Gasteiger partial charge is 0.129 e. The van der Waals surface area contributed by atoms with Crippen molar-refractivity contribution in [3.05, 3.63) is 34.1 Å². The van der Waals surface area contributed by atoms with Gasteiger partial charge in [-0.2, -0.15) is 0 Å². The van der Waals surface area contributed by atoms with Gasteiger partial charge in [-0.3, -0.25) is 4.90 Å². The molecule has 112 valence electrons. The minimum atomic E-state index is -0.0650. The maximum atomic E-state index is 14.3. The van der Waals surface area contributed by atoms with E-state index >= 15 is 0 Å². The lowest BCUT2D eigenvalue weighted by Gasteiger charge is -2.43. The summed E-state index contributed by atoms with van der Waals surface area (Å²) in [5.74, 6) is 0.552. The van der Waals surface area contributed by atoms with E-state index in [0.29, 0.717) is 5.92 Å². The molecule has 1 saturated carbocycles. The largest absolute Gasteiger partial charge is 0.314 e. The van der Waals surface area contributed by atoms with Crippen LogP contribution in [0.3, 0.4) is 0 Å². The van der Waals surface area contributed by atoms with Crippen LogP contribution in [-0.4, -0.2) is 31.1 Å². The molecule has 0 radical (unpaired) electrons. The second kappa shape index (κ2) is 7.21. The van der Waals surface area contributed by atoms with Gasteiger partial charge >= 0.3 is 0 Å². The third-order valence-electron chi connectivity index (χ3n) is 4.44. The third-order valence-corrected chi connectivity index (χ3v) is 5.13. The van der Waals surface area contributed by atoms with Gasteiger partial charge in [-0.25, -0.2) is 4.39 Å². The summed E-state index contributed by atoms with van der Waals surface area (Å²) in [4.78, 5) is 2.46. The normalized spacial score (nSPS) is 21.9. The van der Waals surface area contributed by atoms with Gasteiger partial charge in [0.1, 0.15) is 5.82 Å². The highest BCUT2D eigenvalue weighted by Gasteiger charge is 2.36. The maximum Gasteiger partial charge on any atom is 0.129 e. The molecule has 3 rings (SSSR count). The lowest BCUT2D eigenvalue weighted by atomic mass is 9.76. The molecule has 2 fully saturated rings. The Labute approximate surface area is 134 Å². The molecule has 2 nitrogen and oxygen atoms in total. The van der Waals surface area contributed by atoms with E-state index in [1.165, 1.54) is 19.3 Å². The van der Waals surface area contributed by atoms with Gasteiger partial charge < -0.3 is 5.32 Å². The van der Waals surface area contributed by atoms with Crippen molar-refractivity contribution in [2.24, 2.45) is 5.92 Å². The minimum Gasteiger partial charge on any atom is -0.314 e. The number of nitrogens with one attached hydrogen (secondary N) is 1. The Morgan fingerprint density at radius 3 is 2.50 bits per heavy atom. The van der Waals surface area contributed by atoms with Gasteiger partial charge in [0, 0.05) is 42.3 Å². The van der Waals surface area contributed by atoms with Crippen molar-refractivity contribution in [3.63, 3.8) is 0 Å². The topological polar surface area (TPSA) is 15.3 Å². The van der Waals surface area contributed by atoms with E-state index in [1.807, 2.05) is 6.07 Å². The fraction of sp³-hybridized carbons (Fsp3) is 0.600. The van der Waals surface area contributed by atoms with Crippen molar-refractivity contribution in [2.75, 3.05) is 26.2 Å². The Bertz CT molecular complexity index is 427. The van der Waals surface area contributed by atoms with Crippen LogP contribution in [0.2, 0.25) is 0 Å². The van der Waals surface area contributed by atoms with Gasteiger partial charge in [-0.15, -0.1) is 12.4 Å². The second-order valence-electron chi connectivity index (χ2n) is 5.56. The number of halogens is 3. The zero-order valence-electron chi connectivity index (χ0n) is 11.4. The van der Waals surface area contributed by atoms with Crippen LogP contribution in [0.4, 0.5) is 4.39 Å². The number of hydrogen-bond donors (Lipinski definition) is 1. The van der Waals surface area contributed by atoms with Crippen LogP contribution < -0.4 is 5.32 Å². The van der Waals surface area contributed by atoms with Crippen LogP contribution in [0.15, 0.2) is 22.7 Å². The molecule has 0 bridgehead atoms. The van der Waals surface area contributed by atoms with Crippen molar-refractivity contribution in [2.45, 2.75) is 25.3 Å². The molecule has 0 unspecified atom stereocenters. The van der Waals surface area contributed by atoms with E-state index in [9.17, 15) is 4.39 Å². The van der Waals surface area contributed by atoms with Gasteiger partial charge in [0.25, 0.3) is 0 Å². The van der Waals surface area contributed by atoms with E-state index in [0.717, 1.165) is 36.2 Å². The number of piperazine rings is 1. The summed E-state index contributed by atoms with van der Waals surface area (Å²) in [6.07, 6.45) is 3.75. The quantitative estimate of drug-likeness (QED) is 0.880. The summed E-state index contributed by atoms with van der Waals surface area (Å²) in [5, 5.41) is 3.38. The molecule has 1 aromatic rings. The average Bonchev–Trinajstić information content (AvgIpc) is 2.36. The lowest BCUT2D eigenvalue weighted by molar-refractivity contribution is 0.0807. The Kier molecular flexibility index (Phi) is 5.84. The molecule has 1 atom stereocenters. The molecule has 1 saturated heterocycles. The van der Waals surface area contributed by atoms with Crippen LogP contribution in [0.5, 0.6) is 0 Å². The van der Waals surface area contributed by atoms with Crippen LogP contribution >= 0.6 is 28.3 Å². The van der Waals surface area contributed by atoms with Crippen LogP contribution in [0.1, 0.15) is 30.9 Å². The predicted molar refractivity (Wildman–Crippen MR) is 85.9 cm³/mol. The van der Waals surface area contributed by atoms with Crippen LogP contribution in [0, 0.1) is 11.7 Å². The molecule has 20 heavy (non-hydrogen) atoms. The first kappa shape index (κ1) is 16.2. The molecule has 1 aliphatic heterocycles. The van der Waals surface area contributed by atoms with Crippen molar-refractivity contribution >= 4 is 28.3 Å². The first-order chi connectivity index (χ1) is 9.27. The molecule has 0 spiro atoms. The molecular weight excluding hydrogens is 343 g/mol. The molecule has 0 amide bonds. The van der Waals surface area contributed by atoms with Gasteiger partial charge in [0.15, 0.2) is 0 Å². The fourth-order valence-corrected chi connectivity index (χ4v) is 3.80.